The van der Waals surface area contributed by atoms with Crippen LogP contribution < -0.4 is 16.0 Å². The van der Waals surface area contributed by atoms with E-state index in [0.717, 1.165) is 54.0 Å². The number of nitrogens with one attached hydrogen (secondary N) is 3. The van der Waals surface area contributed by atoms with E-state index in [9.17, 15) is 14.4 Å². The first kappa shape index (κ1) is 23.2. The van der Waals surface area contributed by atoms with Crippen molar-refractivity contribution in [1.29, 1.82) is 0 Å². The predicted octanol–water partition coefficient (Wildman–Crippen LogP) is 2.26. The monoisotopic (exact) mass is 509 g/mol. The molecule has 3 unspecified atom stereocenters. The molecule has 4 heterocycles. The first-order valence-electron chi connectivity index (χ1n) is 13.5. The van der Waals surface area contributed by atoms with Gasteiger partial charge in [-0.1, -0.05) is 48.6 Å². The quantitative estimate of drug-likeness (QED) is 0.588. The van der Waals surface area contributed by atoms with E-state index in [1.807, 2.05) is 54.6 Å². The average Bonchev–Trinajstić information content (AvgIpc) is 3.62. The molecule has 3 N–H and O–H groups in total. The number of piperazine rings is 1. The molecule has 0 aromatic heterocycles. The minimum absolute atomic E-state index is 0.0128. The van der Waals surface area contributed by atoms with Crippen LogP contribution in [0.1, 0.15) is 35.6 Å². The summed E-state index contributed by atoms with van der Waals surface area (Å²) in [6.45, 7) is 2.40. The van der Waals surface area contributed by atoms with Gasteiger partial charge in [0.2, 0.25) is 17.7 Å². The Morgan fingerprint density at radius 2 is 1.89 bits per heavy atom. The van der Waals surface area contributed by atoms with E-state index in [-0.39, 0.29) is 36.3 Å². The topological polar surface area (TPSA) is 93.8 Å². The SMILES string of the molecule is O=C(CN1C(=O)C2CCCN2CC1c1ccccc1)Nc1ccc2c(c1)CC1(C2)C(=O)NC2=C1C=CCN2. The van der Waals surface area contributed by atoms with Gasteiger partial charge in [0.05, 0.1) is 17.5 Å². The Bertz CT molecular complexity index is 1400. The molecule has 3 amide bonds. The maximum atomic E-state index is 13.5. The van der Waals surface area contributed by atoms with E-state index < -0.39 is 5.41 Å². The van der Waals surface area contributed by atoms with Crippen molar-refractivity contribution in [2.45, 2.75) is 37.8 Å². The molecule has 8 heteroatoms. The molecule has 0 bridgehead atoms. The standard InChI is InChI=1S/C30H31N5O3/c36-26(18-35-25(19-6-2-1-3-7-19)17-34-13-5-9-24(34)28(35)37)32-22-11-10-20-15-30(16-21(20)14-22)23-8-4-12-31-27(23)33-29(30)38/h1-4,6-8,10-11,14,24-25,31H,5,9,12-13,15-18H2,(H,32,36)(H,33,38). The highest BCUT2D eigenvalue weighted by Crippen LogP contribution is 2.48. The first-order valence-corrected chi connectivity index (χ1v) is 13.5. The van der Waals surface area contributed by atoms with Crippen molar-refractivity contribution in [3.05, 3.63) is 88.8 Å². The lowest BCUT2D eigenvalue weighted by Gasteiger charge is -2.43. The van der Waals surface area contributed by atoms with Crippen molar-refractivity contribution >= 4 is 23.4 Å². The number of carbonyl (C=O) groups excluding carboxylic acids is 3. The molecule has 0 saturated carbocycles. The van der Waals surface area contributed by atoms with Crippen molar-refractivity contribution in [3.8, 4) is 0 Å². The summed E-state index contributed by atoms with van der Waals surface area (Å²) in [5, 5.41) is 9.32. The van der Waals surface area contributed by atoms with Crippen LogP contribution in [-0.4, -0.2) is 59.7 Å². The number of fused-ring (bicyclic) bond motifs is 3. The number of nitrogens with zero attached hydrogens (tertiary/aromatic N) is 2. The number of carbonyl (C=O) groups is 3. The van der Waals surface area contributed by atoms with Gasteiger partial charge in [0.1, 0.15) is 12.4 Å². The van der Waals surface area contributed by atoms with Crippen LogP contribution in [-0.2, 0) is 27.2 Å². The maximum Gasteiger partial charge on any atom is 0.244 e. The van der Waals surface area contributed by atoms with E-state index in [0.29, 0.717) is 25.1 Å². The van der Waals surface area contributed by atoms with Gasteiger partial charge in [-0.05, 0) is 61.1 Å². The maximum absolute atomic E-state index is 13.5. The summed E-state index contributed by atoms with van der Waals surface area (Å²) in [5.74, 6) is 0.680. The predicted molar refractivity (Wildman–Crippen MR) is 143 cm³/mol. The van der Waals surface area contributed by atoms with Gasteiger partial charge in [-0.15, -0.1) is 0 Å². The molecule has 2 fully saturated rings. The van der Waals surface area contributed by atoms with Crippen molar-refractivity contribution in [1.82, 2.24) is 20.4 Å². The van der Waals surface area contributed by atoms with Gasteiger partial charge in [0.15, 0.2) is 0 Å². The van der Waals surface area contributed by atoms with Crippen LogP contribution in [0.15, 0.2) is 72.1 Å². The summed E-state index contributed by atoms with van der Waals surface area (Å²) >= 11 is 0. The summed E-state index contributed by atoms with van der Waals surface area (Å²) in [6, 6.07) is 15.6. The van der Waals surface area contributed by atoms with E-state index >= 15 is 0 Å². The molecule has 1 aliphatic carbocycles. The number of rotatable bonds is 4. The number of hydrogen-bond donors (Lipinski definition) is 3. The number of benzene rings is 2. The van der Waals surface area contributed by atoms with Crippen molar-refractivity contribution < 1.29 is 14.4 Å². The molecule has 7 rings (SSSR count). The van der Waals surface area contributed by atoms with Gasteiger partial charge >= 0.3 is 0 Å². The number of hydrogen-bond acceptors (Lipinski definition) is 5. The van der Waals surface area contributed by atoms with Crippen molar-refractivity contribution in [2.75, 3.05) is 31.5 Å². The summed E-state index contributed by atoms with van der Waals surface area (Å²) in [5.41, 5.74) is 4.37. The second-order valence-corrected chi connectivity index (χ2v) is 11.0. The number of allylic oxidation sites excluding steroid dienone is 1. The lowest BCUT2D eigenvalue weighted by molar-refractivity contribution is -0.147. The van der Waals surface area contributed by atoms with Gasteiger partial charge in [-0.3, -0.25) is 19.3 Å². The molecule has 38 heavy (non-hydrogen) atoms. The Balaban J connectivity index is 1.09. The van der Waals surface area contributed by atoms with Gasteiger partial charge in [-0.25, -0.2) is 0 Å². The third-order valence-corrected chi connectivity index (χ3v) is 8.83. The third kappa shape index (κ3) is 3.66. The number of amides is 3. The van der Waals surface area contributed by atoms with E-state index in [1.54, 1.807) is 4.90 Å². The zero-order valence-corrected chi connectivity index (χ0v) is 21.2. The van der Waals surface area contributed by atoms with Gasteiger partial charge < -0.3 is 20.9 Å². The molecule has 4 aliphatic heterocycles. The minimum Gasteiger partial charge on any atom is -0.368 e. The third-order valence-electron chi connectivity index (χ3n) is 8.83. The first-order chi connectivity index (χ1) is 18.5. The largest absolute Gasteiger partial charge is 0.368 e. The van der Waals surface area contributed by atoms with Crippen molar-refractivity contribution in [3.63, 3.8) is 0 Å². The zero-order chi connectivity index (χ0) is 25.9. The zero-order valence-electron chi connectivity index (χ0n) is 21.2. The molecule has 3 atom stereocenters. The van der Waals surface area contributed by atoms with E-state index in [4.69, 9.17) is 0 Å². The van der Waals surface area contributed by atoms with Gasteiger partial charge in [-0.2, -0.15) is 0 Å². The highest BCUT2D eigenvalue weighted by molar-refractivity contribution is 5.96. The van der Waals surface area contributed by atoms with Crippen molar-refractivity contribution in [2.24, 2.45) is 5.41 Å². The fraction of sp³-hybridized carbons (Fsp3) is 0.367. The second kappa shape index (κ2) is 8.84. The van der Waals surface area contributed by atoms with Crippen LogP contribution >= 0.6 is 0 Å². The van der Waals surface area contributed by atoms with E-state index in [1.165, 1.54) is 0 Å². The molecule has 2 saturated heterocycles. The molecule has 5 aliphatic rings. The summed E-state index contributed by atoms with van der Waals surface area (Å²) in [6.07, 6.45) is 7.21. The Morgan fingerprint density at radius 3 is 2.76 bits per heavy atom. The molecule has 2 aromatic carbocycles. The molecule has 2 aromatic rings. The lowest BCUT2D eigenvalue weighted by atomic mass is 9.78. The minimum atomic E-state index is -0.597. The van der Waals surface area contributed by atoms with Gasteiger partial charge in [0, 0.05) is 24.4 Å². The lowest BCUT2D eigenvalue weighted by Crippen LogP contribution is -2.57. The number of anilines is 1. The molecular formula is C30H31N5O3. The molecule has 0 radical (unpaired) electrons. The normalized spacial score (nSPS) is 27.7. The fourth-order valence-corrected chi connectivity index (χ4v) is 6.98. The summed E-state index contributed by atoms with van der Waals surface area (Å²) in [7, 11) is 0. The Labute approximate surface area is 221 Å². The number of dihydropyridines is 1. The van der Waals surface area contributed by atoms with Crippen LogP contribution in [0.4, 0.5) is 5.69 Å². The molecule has 1 spiro atoms. The van der Waals surface area contributed by atoms with E-state index in [2.05, 4.69) is 26.9 Å². The van der Waals surface area contributed by atoms with Crippen LogP contribution in [0.25, 0.3) is 0 Å². The smallest absolute Gasteiger partial charge is 0.244 e. The molecular weight excluding hydrogens is 478 g/mol. The Hall–Kier alpha value is -3.91. The fourth-order valence-electron chi connectivity index (χ4n) is 6.98. The Kier molecular flexibility index (Phi) is 5.40. The van der Waals surface area contributed by atoms with Gasteiger partial charge in [0.25, 0.3) is 0 Å². The summed E-state index contributed by atoms with van der Waals surface area (Å²) in [4.78, 5) is 43.8. The van der Waals surface area contributed by atoms with Crippen LogP contribution in [0.3, 0.4) is 0 Å². The average molecular weight is 510 g/mol. The molecule has 194 valence electrons. The second-order valence-electron chi connectivity index (χ2n) is 11.0. The highest BCUT2D eigenvalue weighted by Gasteiger charge is 2.51. The summed E-state index contributed by atoms with van der Waals surface area (Å²) < 4.78 is 0. The highest BCUT2D eigenvalue weighted by atomic mass is 16.2. The van der Waals surface area contributed by atoms with Crippen LogP contribution in [0.5, 0.6) is 0 Å². The Morgan fingerprint density at radius 1 is 1.05 bits per heavy atom. The molecule has 8 nitrogen and oxygen atoms in total. The van der Waals surface area contributed by atoms with Crippen LogP contribution in [0.2, 0.25) is 0 Å². The van der Waals surface area contributed by atoms with Crippen LogP contribution in [0, 0.1) is 5.41 Å².